The lowest BCUT2D eigenvalue weighted by Gasteiger charge is -2.29. The predicted molar refractivity (Wildman–Crippen MR) is 122 cm³/mol. The number of rotatable bonds is 6. The quantitative estimate of drug-likeness (QED) is 0.565. The van der Waals surface area contributed by atoms with Crippen LogP contribution in [0.25, 0.3) is 0 Å². The molecule has 2 fully saturated rings. The second kappa shape index (κ2) is 8.02. The van der Waals surface area contributed by atoms with Crippen LogP contribution in [0.5, 0.6) is 0 Å². The minimum atomic E-state index is -1.68. The number of nitrogens with one attached hydrogen (secondary N) is 2. The van der Waals surface area contributed by atoms with Crippen LogP contribution in [0.2, 0.25) is 0 Å². The van der Waals surface area contributed by atoms with Gasteiger partial charge in [0.15, 0.2) is 0 Å². The molecule has 9 heteroatoms. The SMILES string of the molecule is CCCCc1ccc(N2C(=O)[C@H]3[C@H](CC(N)=O)N[C@@]4(C(=O)Nc5ccc(F)cc54)[C@H]3C2=O)cc1. The average molecular weight is 464 g/mol. The number of nitrogens with two attached hydrogens (primary N) is 1. The summed E-state index contributed by atoms with van der Waals surface area (Å²) in [6.07, 6.45) is 2.72. The van der Waals surface area contributed by atoms with Crippen molar-refractivity contribution in [3.63, 3.8) is 0 Å². The van der Waals surface area contributed by atoms with Gasteiger partial charge in [0.2, 0.25) is 23.6 Å². The minimum Gasteiger partial charge on any atom is -0.370 e. The molecule has 8 nitrogen and oxygen atoms in total. The van der Waals surface area contributed by atoms with Gasteiger partial charge in [0, 0.05) is 23.7 Å². The topological polar surface area (TPSA) is 122 Å². The Labute approximate surface area is 195 Å². The Morgan fingerprint density at radius 3 is 2.53 bits per heavy atom. The van der Waals surface area contributed by atoms with Crippen LogP contribution in [0.4, 0.5) is 15.8 Å². The van der Waals surface area contributed by atoms with Crippen LogP contribution >= 0.6 is 0 Å². The number of anilines is 2. The van der Waals surface area contributed by atoms with E-state index in [9.17, 15) is 23.6 Å². The number of nitrogens with zero attached hydrogens (tertiary/aromatic N) is 1. The largest absolute Gasteiger partial charge is 0.370 e. The van der Waals surface area contributed by atoms with E-state index in [1.54, 1.807) is 12.1 Å². The number of primary amides is 1. The number of carbonyl (C=O) groups excluding carboxylic acids is 4. The predicted octanol–water partition coefficient (Wildman–Crippen LogP) is 1.97. The van der Waals surface area contributed by atoms with Crippen molar-refractivity contribution < 1.29 is 23.6 Å². The van der Waals surface area contributed by atoms with Crippen LogP contribution in [-0.4, -0.2) is 29.7 Å². The molecule has 0 radical (unpaired) electrons. The number of aryl methyl sites for hydroxylation is 1. The second-order valence-corrected chi connectivity index (χ2v) is 9.16. The van der Waals surface area contributed by atoms with Crippen LogP contribution < -0.4 is 21.3 Å². The van der Waals surface area contributed by atoms with Crippen molar-refractivity contribution in [3.8, 4) is 0 Å². The molecular formula is C25H25FN4O4. The third kappa shape index (κ3) is 3.14. The zero-order chi connectivity index (χ0) is 24.2. The number of hydrogen-bond acceptors (Lipinski definition) is 5. The van der Waals surface area contributed by atoms with Gasteiger partial charge in [-0.3, -0.25) is 24.5 Å². The van der Waals surface area contributed by atoms with E-state index in [0.29, 0.717) is 11.4 Å². The van der Waals surface area contributed by atoms with Gasteiger partial charge in [0.25, 0.3) is 0 Å². The van der Waals surface area contributed by atoms with Gasteiger partial charge in [-0.15, -0.1) is 0 Å². The van der Waals surface area contributed by atoms with Gasteiger partial charge < -0.3 is 11.1 Å². The van der Waals surface area contributed by atoms with Gasteiger partial charge in [-0.2, -0.15) is 0 Å². The van der Waals surface area contributed by atoms with Crippen molar-refractivity contribution in [2.75, 3.05) is 10.2 Å². The van der Waals surface area contributed by atoms with Gasteiger partial charge in [0.1, 0.15) is 11.4 Å². The lowest BCUT2D eigenvalue weighted by molar-refractivity contribution is -0.130. The number of benzene rings is 2. The number of halogens is 1. The molecule has 2 aromatic carbocycles. The van der Waals surface area contributed by atoms with Crippen molar-refractivity contribution in [2.24, 2.45) is 17.6 Å². The third-order valence-corrected chi connectivity index (χ3v) is 7.11. The van der Waals surface area contributed by atoms with Crippen LogP contribution in [0, 0.1) is 17.7 Å². The van der Waals surface area contributed by atoms with Crippen LogP contribution in [0.1, 0.15) is 37.3 Å². The van der Waals surface area contributed by atoms with E-state index in [0.717, 1.165) is 29.7 Å². The van der Waals surface area contributed by atoms with E-state index < -0.39 is 52.9 Å². The van der Waals surface area contributed by atoms with E-state index in [1.165, 1.54) is 18.2 Å². The molecule has 4 N–H and O–H groups in total. The first kappa shape index (κ1) is 22.2. The zero-order valence-electron chi connectivity index (χ0n) is 18.6. The summed E-state index contributed by atoms with van der Waals surface area (Å²) in [5, 5.41) is 5.74. The van der Waals surface area contributed by atoms with Gasteiger partial charge in [-0.25, -0.2) is 9.29 Å². The van der Waals surface area contributed by atoms with Crippen molar-refractivity contribution in [1.82, 2.24) is 5.32 Å². The Morgan fingerprint density at radius 1 is 1.12 bits per heavy atom. The van der Waals surface area contributed by atoms with Crippen molar-refractivity contribution in [1.29, 1.82) is 0 Å². The molecule has 0 saturated carbocycles. The number of unbranched alkanes of at least 4 members (excludes halogenated alkanes) is 1. The average Bonchev–Trinajstić information content (AvgIpc) is 3.37. The Balaban J connectivity index is 1.59. The molecule has 176 valence electrons. The number of amides is 4. The molecule has 34 heavy (non-hydrogen) atoms. The Morgan fingerprint density at radius 2 is 1.85 bits per heavy atom. The summed E-state index contributed by atoms with van der Waals surface area (Å²) in [6, 6.07) is 10.1. The standard InChI is InChI=1S/C25H25FN4O4/c1-2-3-4-13-5-8-15(9-6-13)30-22(32)20-18(12-19(27)31)29-25(21(20)23(30)33)16-11-14(26)7-10-17(16)28-24(25)34/h5-11,18,20-21,29H,2-4,12H2,1H3,(H2,27,31)(H,28,34)/t18-,20-,21+,25+/m0/s1. The number of imide groups is 1. The first-order valence-corrected chi connectivity index (χ1v) is 11.4. The molecule has 3 heterocycles. The molecular weight excluding hydrogens is 439 g/mol. The molecule has 2 saturated heterocycles. The Hall–Kier alpha value is -3.59. The highest BCUT2D eigenvalue weighted by molar-refractivity contribution is 6.25. The number of fused-ring (bicyclic) bond motifs is 4. The molecule has 4 atom stereocenters. The maximum Gasteiger partial charge on any atom is 0.250 e. The highest BCUT2D eigenvalue weighted by atomic mass is 19.1. The molecule has 5 rings (SSSR count). The summed E-state index contributed by atoms with van der Waals surface area (Å²) >= 11 is 0. The lowest BCUT2D eigenvalue weighted by atomic mass is 9.76. The number of hydrogen-bond donors (Lipinski definition) is 3. The summed E-state index contributed by atoms with van der Waals surface area (Å²) in [6.45, 7) is 2.10. The second-order valence-electron chi connectivity index (χ2n) is 9.16. The molecule has 0 unspecified atom stereocenters. The summed E-state index contributed by atoms with van der Waals surface area (Å²) < 4.78 is 14.2. The van der Waals surface area contributed by atoms with Crippen molar-refractivity contribution in [2.45, 2.75) is 44.2 Å². The van der Waals surface area contributed by atoms with Crippen LogP contribution in [0.3, 0.4) is 0 Å². The van der Waals surface area contributed by atoms with E-state index >= 15 is 0 Å². The fourth-order valence-electron chi connectivity index (χ4n) is 5.61. The van der Waals surface area contributed by atoms with E-state index in [2.05, 4.69) is 17.6 Å². The molecule has 0 aromatic heterocycles. The van der Waals surface area contributed by atoms with Gasteiger partial charge in [-0.1, -0.05) is 25.5 Å². The summed E-state index contributed by atoms with van der Waals surface area (Å²) in [4.78, 5) is 53.5. The first-order chi connectivity index (χ1) is 16.3. The fourth-order valence-corrected chi connectivity index (χ4v) is 5.61. The van der Waals surface area contributed by atoms with E-state index in [1.807, 2.05) is 12.1 Å². The minimum absolute atomic E-state index is 0.246. The maximum absolute atomic E-state index is 14.2. The van der Waals surface area contributed by atoms with E-state index in [4.69, 9.17) is 5.73 Å². The molecule has 3 aliphatic heterocycles. The molecule has 4 amide bonds. The molecule has 0 aliphatic carbocycles. The number of carbonyl (C=O) groups is 4. The van der Waals surface area contributed by atoms with E-state index in [-0.39, 0.29) is 12.0 Å². The summed E-state index contributed by atoms with van der Waals surface area (Å²) in [5.41, 5.74) is 5.85. The van der Waals surface area contributed by atoms with Crippen LogP contribution in [-0.2, 0) is 31.1 Å². The molecule has 0 bridgehead atoms. The third-order valence-electron chi connectivity index (χ3n) is 7.11. The summed E-state index contributed by atoms with van der Waals surface area (Å²) in [5.74, 6) is -5.04. The summed E-state index contributed by atoms with van der Waals surface area (Å²) in [7, 11) is 0. The molecule has 3 aliphatic rings. The van der Waals surface area contributed by atoms with Crippen molar-refractivity contribution >= 4 is 35.0 Å². The normalized spacial score (nSPS) is 27.3. The molecule has 1 spiro atoms. The fraction of sp³-hybridized carbons (Fsp3) is 0.360. The molecule has 2 aromatic rings. The highest BCUT2D eigenvalue weighted by Gasteiger charge is 2.70. The lowest BCUT2D eigenvalue weighted by Crippen LogP contribution is -2.53. The monoisotopic (exact) mass is 464 g/mol. The first-order valence-electron chi connectivity index (χ1n) is 11.4. The van der Waals surface area contributed by atoms with Gasteiger partial charge >= 0.3 is 0 Å². The van der Waals surface area contributed by atoms with Crippen molar-refractivity contribution in [3.05, 3.63) is 59.4 Å². The van der Waals surface area contributed by atoms with Crippen LogP contribution in [0.15, 0.2) is 42.5 Å². The van der Waals surface area contributed by atoms with Gasteiger partial charge in [-0.05, 0) is 48.7 Å². The maximum atomic E-state index is 14.2. The highest BCUT2D eigenvalue weighted by Crippen LogP contribution is 2.54. The zero-order valence-corrected chi connectivity index (χ0v) is 18.6. The Bertz CT molecular complexity index is 1210. The smallest absolute Gasteiger partial charge is 0.250 e. The Kier molecular flexibility index (Phi) is 5.24. The van der Waals surface area contributed by atoms with Gasteiger partial charge in [0.05, 0.1) is 17.5 Å².